The van der Waals surface area contributed by atoms with Crippen LogP contribution in [0.5, 0.6) is 5.75 Å². The van der Waals surface area contributed by atoms with Crippen molar-refractivity contribution in [2.45, 2.75) is 32.6 Å². The molecule has 0 heterocycles. The van der Waals surface area contributed by atoms with E-state index >= 15 is 0 Å². The van der Waals surface area contributed by atoms with E-state index in [-0.39, 0.29) is 0 Å². The molecule has 0 aliphatic carbocycles. The summed E-state index contributed by atoms with van der Waals surface area (Å²) in [5.41, 5.74) is 1.26. The maximum atomic E-state index is 5.70. The molecule has 17 heavy (non-hydrogen) atoms. The molecule has 0 radical (unpaired) electrons. The molecular formula is C15H25NO. The largest absolute Gasteiger partial charge is 0.494 e. The van der Waals surface area contributed by atoms with Crippen LogP contribution in [0.1, 0.15) is 31.2 Å². The van der Waals surface area contributed by atoms with Gasteiger partial charge in [-0.25, -0.2) is 0 Å². The fourth-order valence-corrected chi connectivity index (χ4v) is 1.78. The highest BCUT2D eigenvalue weighted by Gasteiger charge is 1.95. The van der Waals surface area contributed by atoms with Gasteiger partial charge in [-0.3, -0.25) is 0 Å². The summed E-state index contributed by atoms with van der Waals surface area (Å²) in [7, 11) is 4.25. The van der Waals surface area contributed by atoms with E-state index in [1.807, 2.05) is 12.1 Å². The topological polar surface area (TPSA) is 12.5 Å². The Bertz CT molecular complexity index is 310. The second-order valence-electron chi connectivity index (χ2n) is 4.88. The average molecular weight is 235 g/mol. The normalized spacial score (nSPS) is 10.8. The highest BCUT2D eigenvalue weighted by atomic mass is 16.5. The first-order valence-corrected chi connectivity index (χ1v) is 6.52. The minimum atomic E-state index is 0.839. The van der Waals surface area contributed by atoms with Crippen molar-refractivity contribution < 1.29 is 4.74 Å². The number of unbranched alkanes of at least 4 members (excludes halogenated alkanes) is 3. The van der Waals surface area contributed by atoms with Gasteiger partial charge in [0.05, 0.1) is 6.61 Å². The van der Waals surface area contributed by atoms with E-state index in [2.05, 4.69) is 38.1 Å². The second kappa shape index (κ2) is 8.13. The summed E-state index contributed by atoms with van der Waals surface area (Å²) in [5, 5.41) is 0. The third-order valence-electron chi connectivity index (χ3n) is 2.76. The van der Waals surface area contributed by atoms with Gasteiger partial charge in [0.25, 0.3) is 0 Å². The molecule has 0 saturated carbocycles. The van der Waals surface area contributed by atoms with Crippen LogP contribution in [0.3, 0.4) is 0 Å². The third-order valence-corrected chi connectivity index (χ3v) is 2.76. The summed E-state index contributed by atoms with van der Waals surface area (Å²) in [4.78, 5) is 2.24. The van der Waals surface area contributed by atoms with Crippen molar-refractivity contribution in [3.63, 3.8) is 0 Å². The van der Waals surface area contributed by atoms with E-state index in [1.165, 1.54) is 31.4 Å². The van der Waals surface area contributed by atoms with Crippen LogP contribution in [0.25, 0.3) is 0 Å². The molecular weight excluding hydrogens is 210 g/mol. The summed E-state index contributed by atoms with van der Waals surface area (Å²) in [6.45, 7) is 4.12. The SMILES string of the molecule is Cc1cccc(OCCCCCCN(C)C)c1. The van der Waals surface area contributed by atoms with E-state index in [0.29, 0.717) is 0 Å². The van der Waals surface area contributed by atoms with Crippen LogP contribution in [-0.4, -0.2) is 32.1 Å². The van der Waals surface area contributed by atoms with E-state index < -0.39 is 0 Å². The zero-order valence-electron chi connectivity index (χ0n) is 11.4. The number of hydrogen-bond donors (Lipinski definition) is 0. The summed E-state index contributed by atoms with van der Waals surface area (Å²) in [6, 6.07) is 8.25. The lowest BCUT2D eigenvalue weighted by atomic mass is 10.2. The zero-order chi connectivity index (χ0) is 12.5. The molecule has 0 aliphatic heterocycles. The Morgan fingerprint density at radius 2 is 1.82 bits per heavy atom. The van der Waals surface area contributed by atoms with Gasteiger partial charge in [0.15, 0.2) is 0 Å². The summed E-state index contributed by atoms with van der Waals surface area (Å²) >= 11 is 0. The number of nitrogens with zero attached hydrogens (tertiary/aromatic N) is 1. The molecule has 0 bridgehead atoms. The van der Waals surface area contributed by atoms with E-state index in [9.17, 15) is 0 Å². The van der Waals surface area contributed by atoms with E-state index in [4.69, 9.17) is 4.74 Å². The van der Waals surface area contributed by atoms with Gasteiger partial charge in [-0.2, -0.15) is 0 Å². The first-order chi connectivity index (χ1) is 8.18. The first-order valence-electron chi connectivity index (χ1n) is 6.52. The molecule has 0 amide bonds. The smallest absolute Gasteiger partial charge is 0.119 e. The molecule has 1 rings (SSSR count). The Morgan fingerprint density at radius 1 is 1.06 bits per heavy atom. The minimum Gasteiger partial charge on any atom is -0.494 e. The number of aryl methyl sites for hydroxylation is 1. The monoisotopic (exact) mass is 235 g/mol. The lowest BCUT2D eigenvalue weighted by Crippen LogP contribution is -2.12. The zero-order valence-corrected chi connectivity index (χ0v) is 11.4. The molecule has 1 aromatic rings. The number of benzene rings is 1. The standard InChI is InChI=1S/C15H25NO/c1-14-9-8-10-15(13-14)17-12-7-5-4-6-11-16(2)3/h8-10,13H,4-7,11-12H2,1-3H3. The lowest BCUT2D eigenvalue weighted by Gasteiger charge is -2.09. The molecule has 0 fully saturated rings. The predicted octanol–water partition coefficient (Wildman–Crippen LogP) is 3.50. The molecule has 0 aliphatic rings. The lowest BCUT2D eigenvalue weighted by molar-refractivity contribution is 0.302. The molecule has 0 atom stereocenters. The number of rotatable bonds is 8. The molecule has 0 unspecified atom stereocenters. The van der Waals surface area contributed by atoms with Crippen molar-refractivity contribution in [2.24, 2.45) is 0 Å². The van der Waals surface area contributed by atoms with Crippen molar-refractivity contribution in [2.75, 3.05) is 27.2 Å². The Balaban J connectivity index is 2.01. The molecule has 0 aromatic heterocycles. The average Bonchev–Trinajstić information content (AvgIpc) is 2.27. The predicted molar refractivity (Wildman–Crippen MR) is 73.7 cm³/mol. The molecule has 0 N–H and O–H groups in total. The van der Waals surface area contributed by atoms with E-state index in [0.717, 1.165) is 18.8 Å². The van der Waals surface area contributed by atoms with Crippen molar-refractivity contribution in [1.29, 1.82) is 0 Å². The third kappa shape index (κ3) is 7.01. The van der Waals surface area contributed by atoms with Crippen molar-refractivity contribution in [1.82, 2.24) is 4.90 Å². The fourth-order valence-electron chi connectivity index (χ4n) is 1.78. The Kier molecular flexibility index (Phi) is 6.71. The van der Waals surface area contributed by atoms with Crippen molar-refractivity contribution in [3.05, 3.63) is 29.8 Å². The quantitative estimate of drug-likeness (QED) is 0.639. The van der Waals surface area contributed by atoms with Gasteiger partial charge in [0, 0.05) is 0 Å². The maximum Gasteiger partial charge on any atom is 0.119 e. The van der Waals surface area contributed by atoms with Gasteiger partial charge in [0.2, 0.25) is 0 Å². The first kappa shape index (κ1) is 14.0. The molecule has 0 spiro atoms. The Hall–Kier alpha value is -1.02. The molecule has 0 saturated heterocycles. The minimum absolute atomic E-state index is 0.839. The second-order valence-corrected chi connectivity index (χ2v) is 4.88. The van der Waals surface area contributed by atoms with Gasteiger partial charge >= 0.3 is 0 Å². The number of hydrogen-bond acceptors (Lipinski definition) is 2. The van der Waals surface area contributed by atoms with Crippen LogP contribution >= 0.6 is 0 Å². The van der Waals surface area contributed by atoms with Gasteiger partial charge < -0.3 is 9.64 Å². The molecule has 2 nitrogen and oxygen atoms in total. The van der Waals surface area contributed by atoms with Gasteiger partial charge in [-0.15, -0.1) is 0 Å². The van der Waals surface area contributed by atoms with Gasteiger partial charge in [-0.1, -0.05) is 25.0 Å². The van der Waals surface area contributed by atoms with Crippen LogP contribution in [0.4, 0.5) is 0 Å². The summed E-state index contributed by atoms with van der Waals surface area (Å²) in [5.74, 6) is 0.998. The van der Waals surface area contributed by atoms with Gasteiger partial charge in [-0.05, 0) is 58.1 Å². The molecule has 96 valence electrons. The number of ether oxygens (including phenoxy) is 1. The summed E-state index contributed by atoms with van der Waals surface area (Å²) in [6.07, 6.45) is 5.01. The van der Waals surface area contributed by atoms with Crippen molar-refractivity contribution >= 4 is 0 Å². The Labute approximate surface area is 106 Å². The Morgan fingerprint density at radius 3 is 2.53 bits per heavy atom. The molecule has 2 heteroatoms. The van der Waals surface area contributed by atoms with Crippen LogP contribution in [0.15, 0.2) is 24.3 Å². The fraction of sp³-hybridized carbons (Fsp3) is 0.600. The van der Waals surface area contributed by atoms with Gasteiger partial charge in [0.1, 0.15) is 5.75 Å². The van der Waals surface area contributed by atoms with Crippen LogP contribution in [-0.2, 0) is 0 Å². The summed E-state index contributed by atoms with van der Waals surface area (Å²) < 4.78 is 5.70. The van der Waals surface area contributed by atoms with E-state index in [1.54, 1.807) is 0 Å². The van der Waals surface area contributed by atoms with Crippen molar-refractivity contribution in [3.8, 4) is 5.75 Å². The van der Waals surface area contributed by atoms with Crippen LogP contribution in [0.2, 0.25) is 0 Å². The molecule has 1 aromatic carbocycles. The highest BCUT2D eigenvalue weighted by Crippen LogP contribution is 2.13. The maximum absolute atomic E-state index is 5.70. The highest BCUT2D eigenvalue weighted by molar-refractivity contribution is 5.27. The van der Waals surface area contributed by atoms with Crippen LogP contribution < -0.4 is 4.74 Å². The van der Waals surface area contributed by atoms with Crippen LogP contribution in [0, 0.1) is 6.92 Å².